The van der Waals surface area contributed by atoms with Crippen LogP contribution in [0.5, 0.6) is 0 Å². The zero-order chi connectivity index (χ0) is 16.7. The van der Waals surface area contributed by atoms with Crippen molar-refractivity contribution in [3.05, 3.63) is 17.7 Å². The zero-order valence-corrected chi connectivity index (χ0v) is 13.0. The van der Waals surface area contributed by atoms with Gasteiger partial charge in [0.2, 0.25) is 5.91 Å². The third-order valence-corrected chi connectivity index (χ3v) is 4.96. The molecule has 0 bridgehead atoms. The molecule has 1 unspecified atom stereocenters. The maximum absolute atomic E-state index is 12.9. The number of rotatable bonds is 5. The quantitative estimate of drug-likeness (QED) is 0.868. The van der Waals surface area contributed by atoms with Crippen LogP contribution in [0.4, 0.5) is 13.2 Å². The molecule has 2 heterocycles. The number of alkyl halides is 3. The van der Waals surface area contributed by atoms with Crippen LogP contribution in [0.25, 0.3) is 0 Å². The van der Waals surface area contributed by atoms with E-state index in [0.717, 1.165) is 37.4 Å². The SMILES string of the molecule is Cc1[nH]cnc1CN1CCC(CNC(=O)C2(C(F)(F)F)CC2)C1. The summed E-state index contributed by atoms with van der Waals surface area (Å²) < 4.78 is 38.6. The number of nitrogens with zero attached hydrogens (tertiary/aromatic N) is 2. The predicted molar refractivity (Wildman–Crippen MR) is 77.4 cm³/mol. The fraction of sp³-hybridized carbons (Fsp3) is 0.733. The molecule has 8 heteroatoms. The first kappa shape index (κ1) is 16.3. The Labute approximate surface area is 132 Å². The first-order valence-electron chi connectivity index (χ1n) is 7.88. The van der Waals surface area contributed by atoms with E-state index in [0.29, 0.717) is 6.54 Å². The van der Waals surface area contributed by atoms with E-state index in [2.05, 4.69) is 20.2 Å². The molecule has 128 valence electrons. The molecule has 1 aliphatic carbocycles. The first-order chi connectivity index (χ1) is 10.8. The molecule has 0 radical (unpaired) electrons. The average Bonchev–Trinajstić information content (AvgIpc) is 3.06. The Hall–Kier alpha value is -1.57. The van der Waals surface area contributed by atoms with Crippen LogP contribution in [0.1, 0.15) is 30.7 Å². The molecule has 2 aliphatic rings. The molecular weight excluding hydrogens is 309 g/mol. The largest absolute Gasteiger partial charge is 0.403 e. The highest BCUT2D eigenvalue weighted by molar-refractivity contribution is 5.86. The molecule has 3 rings (SSSR count). The average molecular weight is 330 g/mol. The number of imidazole rings is 1. The van der Waals surface area contributed by atoms with Gasteiger partial charge in [0.25, 0.3) is 0 Å². The molecule has 0 aromatic carbocycles. The summed E-state index contributed by atoms with van der Waals surface area (Å²) in [5.74, 6) is -0.658. The van der Waals surface area contributed by atoms with Crippen molar-refractivity contribution in [2.75, 3.05) is 19.6 Å². The number of amides is 1. The molecule has 1 saturated heterocycles. The van der Waals surface area contributed by atoms with E-state index in [1.165, 1.54) is 0 Å². The standard InChI is InChI=1S/C15H21F3N4O/c1-10-12(21-9-20-10)8-22-5-2-11(7-22)6-19-13(23)14(3-4-14)15(16,17)18/h9,11H,2-8H2,1H3,(H,19,23)(H,20,21). The van der Waals surface area contributed by atoms with Gasteiger partial charge in [-0.15, -0.1) is 0 Å². The van der Waals surface area contributed by atoms with E-state index in [4.69, 9.17) is 0 Å². The summed E-state index contributed by atoms with van der Waals surface area (Å²) in [7, 11) is 0. The first-order valence-corrected chi connectivity index (χ1v) is 7.88. The molecule has 1 aliphatic heterocycles. The summed E-state index contributed by atoms with van der Waals surface area (Å²) >= 11 is 0. The third kappa shape index (κ3) is 3.22. The van der Waals surface area contributed by atoms with Gasteiger partial charge in [-0.2, -0.15) is 13.2 Å². The van der Waals surface area contributed by atoms with Crippen molar-refractivity contribution in [2.24, 2.45) is 11.3 Å². The maximum atomic E-state index is 12.9. The number of nitrogens with one attached hydrogen (secondary N) is 2. The summed E-state index contributed by atoms with van der Waals surface area (Å²) in [4.78, 5) is 21.4. The fourth-order valence-corrected chi connectivity index (χ4v) is 3.15. The van der Waals surface area contributed by atoms with Gasteiger partial charge in [-0.05, 0) is 38.6 Å². The number of aromatic nitrogens is 2. The number of hydrogen-bond donors (Lipinski definition) is 2. The van der Waals surface area contributed by atoms with Crippen LogP contribution in [-0.2, 0) is 11.3 Å². The van der Waals surface area contributed by atoms with Crippen LogP contribution in [0.3, 0.4) is 0 Å². The topological polar surface area (TPSA) is 61.0 Å². The van der Waals surface area contributed by atoms with Crippen molar-refractivity contribution in [3.63, 3.8) is 0 Å². The van der Waals surface area contributed by atoms with E-state index in [1.54, 1.807) is 6.33 Å². The van der Waals surface area contributed by atoms with Gasteiger partial charge in [0, 0.05) is 25.3 Å². The van der Waals surface area contributed by atoms with Crippen LogP contribution >= 0.6 is 0 Å². The van der Waals surface area contributed by atoms with E-state index < -0.39 is 17.5 Å². The van der Waals surface area contributed by atoms with E-state index >= 15 is 0 Å². The van der Waals surface area contributed by atoms with E-state index in [1.807, 2.05) is 6.92 Å². The molecule has 1 amide bonds. The van der Waals surface area contributed by atoms with E-state index in [9.17, 15) is 18.0 Å². The summed E-state index contributed by atoms with van der Waals surface area (Å²) in [5, 5.41) is 2.52. The molecule has 1 saturated carbocycles. The number of halogens is 3. The van der Waals surface area contributed by atoms with Gasteiger partial charge in [-0.1, -0.05) is 0 Å². The zero-order valence-electron chi connectivity index (χ0n) is 13.0. The molecule has 5 nitrogen and oxygen atoms in total. The minimum atomic E-state index is -4.43. The van der Waals surface area contributed by atoms with Gasteiger partial charge in [0.05, 0.1) is 12.0 Å². The Morgan fingerprint density at radius 3 is 2.83 bits per heavy atom. The van der Waals surface area contributed by atoms with Crippen molar-refractivity contribution in [1.82, 2.24) is 20.2 Å². The molecule has 1 aromatic heterocycles. The molecular formula is C15H21F3N4O. The lowest BCUT2D eigenvalue weighted by Gasteiger charge is -2.20. The Morgan fingerprint density at radius 2 is 2.26 bits per heavy atom. The van der Waals surface area contributed by atoms with Crippen molar-refractivity contribution < 1.29 is 18.0 Å². The number of likely N-dealkylation sites (tertiary alicyclic amines) is 1. The number of carbonyl (C=O) groups excluding carboxylic acids is 1. The van der Waals surface area contributed by atoms with Crippen LogP contribution in [0.15, 0.2) is 6.33 Å². The normalized spacial score (nSPS) is 23.9. The van der Waals surface area contributed by atoms with Crippen molar-refractivity contribution in [3.8, 4) is 0 Å². The minimum Gasteiger partial charge on any atom is -0.355 e. The highest BCUT2D eigenvalue weighted by Gasteiger charge is 2.68. The van der Waals surface area contributed by atoms with Crippen molar-refractivity contribution >= 4 is 5.91 Å². The Morgan fingerprint density at radius 1 is 1.52 bits per heavy atom. The summed E-state index contributed by atoms with van der Waals surface area (Å²) in [6, 6.07) is 0. The number of aryl methyl sites for hydroxylation is 1. The van der Waals surface area contributed by atoms with Crippen LogP contribution in [0.2, 0.25) is 0 Å². The molecule has 2 fully saturated rings. The lowest BCUT2D eigenvalue weighted by atomic mass is 10.0. The Balaban J connectivity index is 1.46. The second-order valence-corrected chi connectivity index (χ2v) is 6.65. The predicted octanol–water partition coefficient (Wildman–Crippen LogP) is 2.00. The number of H-pyrrole nitrogens is 1. The van der Waals surface area contributed by atoms with Gasteiger partial charge in [-0.3, -0.25) is 9.69 Å². The molecule has 0 spiro atoms. The lowest BCUT2D eigenvalue weighted by Crippen LogP contribution is -2.43. The lowest BCUT2D eigenvalue weighted by molar-refractivity contribution is -0.192. The van der Waals surface area contributed by atoms with Gasteiger partial charge in [-0.25, -0.2) is 4.98 Å². The van der Waals surface area contributed by atoms with Crippen molar-refractivity contribution in [2.45, 2.75) is 38.9 Å². The van der Waals surface area contributed by atoms with E-state index in [-0.39, 0.29) is 18.8 Å². The summed E-state index contributed by atoms with van der Waals surface area (Å²) in [6.45, 7) is 4.64. The number of aromatic amines is 1. The Bertz CT molecular complexity index is 580. The third-order valence-electron chi connectivity index (χ3n) is 4.96. The summed E-state index contributed by atoms with van der Waals surface area (Å²) in [5.41, 5.74) is -0.0939. The highest BCUT2D eigenvalue weighted by atomic mass is 19.4. The minimum absolute atomic E-state index is 0.0858. The van der Waals surface area contributed by atoms with Gasteiger partial charge in [0.1, 0.15) is 5.41 Å². The van der Waals surface area contributed by atoms with Crippen LogP contribution < -0.4 is 5.32 Å². The van der Waals surface area contributed by atoms with Gasteiger partial charge >= 0.3 is 6.18 Å². The fourth-order valence-electron chi connectivity index (χ4n) is 3.15. The second-order valence-electron chi connectivity index (χ2n) is 6.65. The smallest absolute Gasteiger partial charge is 0.355 e. The highest BCUT2D eigenvalue weighted by Crippen LogP contribution is 2.57. The van der Waals surface area contributed by atoms with Crippen LogP contribution in [0, 0.1) is 18.3 Å². The van der Waals surface area contributed by atoms with Crippen LogP contribution in [-0.4, -0.2) is 46.6 Å². The van der Waals surface area contributed by atoms with Gasteiger partial charge < -0.3 is 10.3 Å². The number of carbonyl (C=O) groups is 1. The maximum Gasteiger partial charge on any atom is 0.403 e. The number of hydrogen-bond acceptors (Lipinski definition) is 3. The second kappa shape index (κ2) is 5.81. The molecule has 1 atom stereocenters. The molecule has 1 aromatic rings. The monoisotopic (exact) mass is 330 g/mol. The van der Waals surface area contributed by atoms with Gasteiger partial charge in [0.15, 0.2) is 0 Å². The molecule has 2 N–H and O–H groups in total. The molecule has 23 heavy (non-hydrogen) atoms. The van der Waals surface area contributed by atoms with Crippen molar-refractivity contribution in [1.29, 1.82) is 0 Å². The summed E-state index contributed by atoms with van der Waals surface area (Å²) in [6.07, 6.45) is -2.07. The Kier molecular flexibility index (Phi) is 4.12.